The summed E-state index contributed by atoms with van der Waals surface area (Å²) in [6, 6.07) is 3.64. The van der Waals surface area contributed by atoms with Gasteiger partial charge in [0.1, 0.15) is 11.6 Å². The molecule has 0 spiro atoms. The van der Waals surface area contributed by atoms with Crippen molar-refractivity contribution in [2.24, 2.45) is 5.84 Å². The molecule has 5 heteroatoms. The van der Waals surface area contributed by atoms with E-state index in [2.05, 4.69) is 24.4 Å². The standard InChI is InChI=1S/C16H25F2N3/c1-21(2)16(6-4-3-5-7-16)15(20-19)10-12-8-13(17)11-14(18)9-12/h8-9,11,15,20H,3-7,10,19H2,1-2H3. The van der Waals surface area contributed by atoms with Gasteiger partial charge in [0.05, 0.1) is 0 Å². The van der Waals surface area contributed by atoms with Crippen LogP contribution >= 0.6 is 0 Å². The van der Waals surface area contributed by atoms with Gasteiger partial charge in [-0.1, -0.05) is 19.3 Å². The molecule has 1 unspecified atom stereocenters. The second kappa shape index (κ2) is 6.81. The summed E-state index contributed by atoms with van der Waals surface area (Å²) in [5.41, 5.74) is 3.48. The van der Waals surface area contributed by atoms with E-state index in [9.17, 15) is 8.78 Å². The van der Waals surface area contributed by atoms with E-state index >= 15 is 0 Å². The summed E-state index contributed by atoms with van der Waals surface area (Å²) < 4.78 is 26.8. The average Bonchev–Trinajstić information content (AvgIpc) is 2.44. The van der Waals surface area contributed by atoms with Crippen LogP contribution < -0.4 is 11.3 Å². The maximum atomic E-state index is 13.4. The third-order valence-corrected chi connectivity index (χ3v) is 4.82. The Hall–Kier alpha value is -1.04. The van der Waals surface area contributed by atoms with Crippen LogP contribution in [0.2, 0.25) is 0 Å². The van der Waals surface area contributed by atoms with Crippen LogP contribution in [0.25, 0.3) is 0 Å². The lowest BCUT2D eigenvalue weighted by Gasteiger charge is -2.48. The first-order valence-corrected chi connectivity index (χ1v) is 7.56. The monoisotopic (exact) mass is 297 g/mol. The van der Waals surface area contributed by atoms with Gasteiger partial charge in [-0.05, 0) is 51.1 Å². The minimum Gasteiger partial charge on any atom is -0.302 e. The van der Waals surface area contributed by atoms with E-state index in [0.29, 0.717) is 12.0 Å². The second-order valence-electron chi connectivity index (χ2n) is 6.26. The molecule has 0 saturated heterocycles. The van der Waals surface area contributed by atoms with Gasteiger partial charge in [0.15, 0.2) is 0 Å². The van der Waals surface area contributed by atoms with Gasteiger partial charge in [-0.3, -0.25) is 11.3 Å². The van der Waals surface area contributed by atoms with Crippen LogP contribution in [0.15, 0.2) is 18.2 Å². The molecular formula is C16H25F2N3. The van der Waals surface area contributed by atoms with Crippen molar-refractivity contribution >= 4 is 0 Å². The van der Waals surface area contributed by atoms with Crippen LogP contribution in [0.1, 0.15) is 37.7 Å². The maximum absolute atomic E-state index is 13.4. The number of rotatable bonds is 5. The summed E-state index contributed by atoms with van der Waals surface area (Å²) in [4.78, 5) is 2.21. The van der Waals surface area contributed by atoms with E-state index in [1.165, 1.54) is 18.6 Å². The minimum atomic E-state index is -0.539. The van der Waals surface area contributed by atoms with Crippen molar-refractivity contribution in [3.8, 4) is 0 Å². The summed E-state index contributed by atoms with van der Waals surface area (Å²) >= 11 is 0. The fraction of sp³-hybridized carbons (Fsp3) is 0.625. The highest BCUT2D eigenvalue weighted by atomic mass is 19.1. The van der Waals surface area contributed by atoms with Crippen molar-refractivity contribution in [2.45, 2.75) is 50.1 Å². The van der Waals surface area contributed by atoms with Gasteiger partial charge in [-0.15, -0.1) is 0 Å². The van der Waals surface area contributed by atoms with Crippen molar-refractivity contribution in [3.05, 3.63) is 35.4 Å². The minimum absolute atomic E-state index is 0.0333. The number of likely N-dealkylation sites (N-methyl/N-ethyl adjacent to an activating group) is 1. The number of nitrogens with zero attached hydrogens (tertiary/aromatic N) is 1. The van der Waals surface area contributed by atoms with Crippen LogP contribution in [0.5, 0.6) is 0 Å². The Morgan fingerprint density at radius 1 is 1.14 bits per heavy atom. The van der Waals surface area contributed by atoms with Gasteiger partial charge in [0.25, 0.3) is 0 Å². The lowest BCUT2D eigenvalue weighted by molar-refractivity contribution is 0.0568. The van der Waals surface area contributed by atoms with Gasteiger partial charge in [-0.25, -0.2) is 8.78 Å². The molecule has 1 aliphatic rings. The third kappa shape index (κ3) is 3.59. The van der Waals surface area contributed by atoms with E-state index in [-0.39, 0.29) is 11.6 Å². The lowest BCUT2D eigenvalue weighted by Crippen LogP contribution is -2.62. The molecule has 0 aliphatic heterocycles. The molecule has 1 saturated carbocycles. The number of hydrogen-bond acceptors (Lipinski definition) is 3. The molecule has 0 radical (unpaired) electrons. The zero-order valence-corrected chi connectivity index (χ0v) is 12.8. The molecule has 0 heterocycles. The summed E-state index contributed by atoms with van der Waals surface area (Å²) in [7, 11) is 4.11. The Kier molecular flexibility index (Phi) is 5.30. The number of halogens is 2. The van der Waals surface area contributed by atoms with E-state index in [1.807, 2.05) is 0 Å². The lowest BCUT2D eigenvalue weighted by atomic mass is 9.73. The molecule has 1 atom stereocenters. The molecule has 1 aromatic rings. The summed E-state index contributed by atoms with van der Waals surface area (Å²) in [5, 5.41) is 0. The van der Waals surface area contributed by atoms with E-state index in [1.54, 1.807) is 0 Å². The van der Waals surface area contributed by atoms with E-state index in [4.69, 9.17) is 5.84 Å². The van der Waals surface area contributed by atoms with Gasteiger partial charge in [0.2, 0.25) is 0 Å². The first-order valence-electron chi connectivity index (χ1n) is 7.56. The number of hydrazine groups is 1. The van der Waals surface area contributed by atoms with Crippen molar-refractivity contribution in [1.29, 1.82) is 0 Å². The average molecular weight is 297 g/mol. The summed E-state index contributed by atoms with van der Waals surface area (Å²) in [6.07, 6.45) is 6.17. The predicted molar refractivity (Wildman–Crippen MR) is 80.7 cm³/mol. The first kappa shape index (κ1) is 16.3. The van der Waals surface area contributed by atoms with Gasteiger partial charge >= 0.3 is 0 Å². The fourth-order valence-electron chi connectivity index (χ4n) is 3.64. The third-order valence-electron chi connectivity index (χ3n) is 4.82. The van der Waals surface area contributed by atoms with Crippen molar-refractivity contribution < 1.29 is 8.78 Å². The van der Waals surface area contributed by atoms with Crippen LogP contribution in [0.3, 0.4) is 0 Å². The van der Waals surface area contributed by atoms with Gasteiger partial charge < -0.3 is 4.90 Å². The first-order chi connectivity index (χ1) is 9.98. The molecule has 1 fully saturated rings. The predicted octanol–water partition coefficient (Wildman–Crippen LogP) is 2.60. The molecule has 0 bridgehead atoms. The molecule has 2 rings (SSSR count). The number of nitrogens with one attached hydrogen (secondary N) is 1. The zero-order valence-electron chi connectivity index (χ0n) is 12.8. The van der Waals surface area contributed by atoms with E-state index < -0.39 is 11.6 Å². The molecule has 0 amide bonds. The molecule has 21 heavy (non-hydrogen) atoms. The Morgan fingerprint density at radius 3 is 2.19 bits per heavy atom. The van der Waals surface area contributed by atoms with Crippen LogP contribution in [-0.2, 0) is 6.42 Å². The highest BCUT2D eigenvalue weighted by Gasteiger charge is 2.41. The molecule has 1 aliphatic carbocycles. The number of hydrogen-bond donors (Lipinski definition) is 2. The molecule has 3 N–H and O–H groups in total. The van der Waals surface area contributed by atoms with Crippen molar-refractivity contribution in [3.63, 3.8) is 0 Å². The smallest absolute Gasteiger partial charge is 0.126 e. The van der Waals surface area contributed by atoms with E-state index in [0.717, 1.165) is 31.7 Å². The zero-order chi connectivity index (χ0) is 15.5. The van der Waals surface area contributed by atoms with Gasteiger partial charge in [-0.2, -0.15) is 0 Å². The van der Waals surface area contributed by atoms with Crippen LogP contribution in [0.4, 0.5) is 8.78 Å². The van der Waals surface area contributed by atoms with Crippen molar-refractivity contribution in [2.75, 3.05) is 14.1 Å². The summed E-state index contributed by atoms with van der Waals surface area (Å²) in [6.45, 7) is 0. The topological polar surface area (TPSA) is 41.3 Å². The maximum Gasteiger partial charge on any atom is 0.126 e. The fourth-order valence-corrected chi connectivity index (χ4v) is 3.64. The Balaban J connectivity index is 2.24. The largest absolute Gasteiger partial charge is 0.302 e. The SMILES string of the molecule is CN(C)C1(C(Cc2cc(F)cc(F)c2)NN)CCCCC1. The number of benzene rings is 1. The molecule has 0 aromatic heterocycles. The van der Waals surface area contributed by atoms with Crippen LogP contribution in [0, 0.1) is 11.6 Å². The molecular weight excluding hydrogens is 272 g/mol. The molecule has 1 aromatic carbocycles. The quantitative estimate of drug-likeness (QED) is 0.648. The second-order valence-corrected chi connectivity index (χ2v) is 6.26. The molecule has 118 valence electrons. The highest BCUT2D eigenvalue weighted by Crippen LogP contribution is 2.36. The Morgan fingerprint density at radius 2 is 1.71 bits per heavy atom. The Bertz CT molecular complexity index is 450. The normalized spacial score (nSPS) is 19.7. The van der Waals surface area contributed by atoms with Crippen molar-refractivity contribution in [1.82, 2.24) is 10.3 Å². The summed E-state index contributed by atoms with van der Waals surface area (Å²) in [5.74, 6) is 4.71. The van der Waals surface area contributed by atoms with Crippen LogP contribution in [-0.4, -0.2) is 30.6 Å². The number of nitrogens with two attached hydrogens (primary N) is 1. The Labute approximate surface area is 125 Å². The molecule has 3 nitrogen and oxygen atoms in total. The van der Waals surface area contributed by atoms with Gasteiger partial charge in [0, 0.05) is 17.6 Å². The highest BCUT2D eigenvalue weighted by molar-refractivity contribution is 5.20.